The van der Waals surface area contributed by atoms with Crippen LogP contribution in [0, 0.1) is 18.6 Å². The van der Waals surface area contributed by atoms with E-state index in [9.17, 15) is 31.9 Å². The van der Waals surface area contributed by atoms with Gasteiger partial charge in [-0.1, -0.05) is 12.1 Å². The maximum absolute atomic E-state index is 14.9. The molecular formula is C22H18F5N3O3. The number of carbonyl (C=O) groups is 1. The lowest BCUT2D eigenvalue weighted by Gasteiger charge is -2.37. The first-order valence-electron chi connectivity index (χ1n) is 9.81. The number of hydrogen-bond acceptors (Lipinski definition) is 5. The average Bonchev–Trinajstić information content (AvgIpc) is 3.25. The summed E-state index contributed by atoms with van der Waals surface area (Å²) in [4.78, 5) is 13.4. The summed E-state index contributed by atoms with van der Waals surface area (Å²) in [6.45, 7) is 2.64. The fraction of sp³-hybridized carbons (Fsp3) is 0.318. The van der Waals surface area contributed by atoms with Crippen molar-refractivity contribution in [1.82, 2.24) is 15.1 Å². The number of benzene rings is 2. The number of aliphatic hydroxyl groups is 1. The van der Waals surface area contributed by atoms with Crippen LogP contribution in [0.1, 0.15) is 35.7 Å². The SMILES string of the molecule is Cc1nnc(-c2ccc(-c3c(F)cc(F)c4c3C(=O)N([C@@H](C(C)(C)O)C(F)(F)F)C4)cc2)o1. The second-order valence-electron chi connectivity index (χ2n) is 8.30. The Morgan fingerprint density at radius 1 is 1.03 bits per heavy atom. The van der Waals surface area contributed by atoms with Gasteiger partial charge in [-0.2, -0.15) is 13.2 Å². The normalized spacial score (nSPS) is 15.2. The smallest absolute Gasteiger partial charge is 0.411 e. The molecule has 33 heavy (non-hydrogen) atoms. The van der Waals surface area contributed by atoms with Gasteiger partial charge in [-0.05, 0) is 31.5 Å². The van der Waals surface area contributed by atoms with Gasteiger partial charge in [0.2, 0.25) is 11.8 Å². The van der Waals surface area contributed by atoms with E-state index >= 15 is 0 Å². The highest BCUT2D eigenvalue weighted by Crippen LogP contribution is 2.42. The van der Waals surface area contributed by atoms with Gasteiger partial charge in [0, 0.05) is 29.7 Å². The molecule has 1 aromatic heterocycles. The molecule has 6 nitrogen and oxygen atoms in total. The van der Waals surface area contributed by atoms with Gasteiger partial charge in [-0.25, -0.2) is 8.78 Å². The van der Waals surface area contributed by atoms with Gasteiger partial charge in [0.15, 0.2) is 6.04 Å². The Balaban J connectivity index is 1.81. The molecule has 0 aliphatic carbocycles. The summed E-state index contributed by atoms with van der Waals surface area (Å²) in [5.74, 6) is -2.94. The molecule has 0 bridgehead atoms. The number of nitrogens with zero attached hydrogens (tertiary/aromatic N) is 3. The number of fused-ring (bicyclic) bond motifs is 1. The first kappa shape index (κ1) is 22.8. The molecule has 1 aliphatic rings. The quantitative estimate of drug-likeness (QED) is 0.566. The van der Waals surface area contributed by atoms with E-state index in [1.165, 1.54) is 24.3 Å². The lowest BCUT2D eigenvalue weighted by atomic mass is 9.94. The standard InChI is InChI=1S/C22H18F5N3O3/c1-10-28-29-18(33-10)12-6-4-11(5-7-12)16-15(24)8-14(23)13-9-30(19(31)17(13)16)20(21(2,3)32)22(25,26)27/h4-8,20,32H,9H2,1-3H3/t20-/m0/s1. The van der Waals surface area contributed by atoms with E-state index in [0.717, 1.165) is 13.8 Å². The van der Waals surface area contributed by atoms with Crippen molar-refractivity contribution in [2.75, 3.05) is 0 Å². The fourth-order valence-electron chi connectivity index (χ4n) is 4.08. The Labute approximate surface area is 184 Å². The highest BCUT2D eigenvalue weighted by atomic mass is 19.4. The molecule has 11 heteroatoms. The predicted molar refractivity (Wildman–Crippen MR) is 106 cm³/mol. The molecule has 1 atom stereocenters. The maximum Gasteiger partial charge on any atom is 0.411 e. The van der Waals surface area contributed by atoms with Crippen molar-refractivity contribution in [2.45, 2.75) is 45.1 Å². The summed E-state index contributed by atoms with van der Waals surface area (Å²) >= 11 is 0. The summed E-state index contributed by atoms with van der Waals surface area (Å²) < 4.78 is 75.9. The van der Waals surface area contributed by atoms with E-state index in [1.54, 1.807) is 6.92 Å². The van der Waals surface area contributed by atoms with Crippen LogP contribution in [-0.4, -0.2) is 43.9 Å². The van der Waals surface area contributed by atoms with Crippen molar-refractivity contribution in [1.29, 1.82) is 0 Å². The number of aromatic nitrogens is 2. The minimum Gasteiger partial charge on any atom is -0.421 e. The number of alkyl halides is 3. The van der Waals surface area contributed by atoms with Crippen LogP contribution in [0.15, 0.2) is 34.7 Å². The van der Waals surface area contributed by atoms with Crippen LogP contribution in [0.3, 0.4) is 0 Å². The number of aryl methyl sites for hydroxylation is 1. The van der Waals surface area contributed by atoms with E-state index < -0.39 is 47.5 Å². The number of amides is 1. The monoisotopic (exact) mass is 467 g/mol. The molecule has 0 saturated carbocycles. The highest BCUT2D eigenvalue weighted by molar-refractivity contribution is 6.05. The minimum atomic E-state index is -5.00. The van der Waals surface area contributed by atoms with Crippen molar-refractivity contribution < 1.29 is 36.3 Å². The predicted octanol–water partition coefficient (Wildman–Crippen LogP) is 4.65. The molecule has 1 amide bonds. The second-order valence-corrected chi connectivity index (χ2v) is 8.30. The molecule has 0 fully saturated rings. The third-order valence-corrected chi connectivity index (χ3v) is 5.37. The van der Waals surface area contributed by atoms with Gasteiger partial charge in [0.05, 0.1) is 17.7 Å². The Morgan fingerprint density at radius 3 is 2.15 bits per heavy atom. The van der Waals surface area contributed by atoms with Crippen LogP contribution >= 0.6 is 0 Å². The average molecular weight is 467 g/mol. The van der Waals surface area contributed by atoms with Crippen LogP contribution in [0.25, 0.3) is 22.6 Å². The zero-order valence-corrected chi connectivity index (χ0v) is 17.7. The van der Waals surface area contributed by atoms with Crippen molar-refractivity contribution in [3.8, 4) is 22.6 Å². The molecule has 1 N–H and O–H groups in total. The Morgan fingerprint density at radius 2 is 1.64 bits per heavy atom. The summed E-state index contributed by atoms with van der Waals surface area (Å²) in [6, 6.07) is 3.75. The third kappa shape index (κ3) is 3.97. The van der Waals surface area contributed by atoms with E-state index in [2.05, 4.69) is 10.2 Å². The van der Waals surface area contributed by atoms with Gasteiger partial charge >= 0.3 is 6.18 Å². The first-order chi connectivity index (χ1) is 15.3. The third-order valence-electron chi connectivity index (χ3n) is 5.37. The lowest BCUT2D eigenvalue weighted by molar-refractivity contribution is -0.219. The molecule has 2 heterocycles. The topological polar surface area (TPSA) is 79.5 Å². The summed E-state index contributed by atoms with van der Waals surface area (Å²) in [5, 5.41) is 17.7. The molecule has 0 unspecified atom stereocenters. The van der Waals surface area contributed by atoms with Gasteiger partial charge in [0.1, 0.15) is 11.6 Å². The Hall–Kier alpha value is -3.34. The second kappa shape index (κ2) is 7.62. The zero-order valence-electron chi connectivity index (χ0n) is 17.7. The van der Waals surface area contributed by atoms with E-state index in [0.29, 0.717) is 22.4 Å². The maximum atomic E-state index is 14.9. The molecular weight excluding hydrogens is 449 g/mol. The van der Waals surface area contributed by atoms with Gasteiger partial charge in [-0.3, -0.25) is 4.79 Å². The van der Waals surface area contributed by atoms with Crippen LogP contribution in [0.4, 0.5) is 22.0 Å². The lowest BCUT2D eigenvalue weighted by Crippen LogP contribution is -2.57. The van der Waals surface area contributed by atoms with Crippen LogP contribution in [0.5, 0.6) is 0 Å². The van der Waals surface area contributed by atoms with E-state index in [-0.39, 0.29) is 22.6 Å². The first-order valence-corrected chi connectivity index (χ1v) is 9.81. The van der Waals surface area contributed by atoms with Crippen LogP contribution in [0.2, 0.25) is 0 Å². The summed E-state index contributed by atoms with van der Waals surface area (Å²) in [6.07, 6.45) is -5.00. The van der Waals surface area contributed by atoms with Crippen molar-refractivity contribution in [3.63, 3.8) is 0 Å². The molecule has 0 saturated heterocycles. The van der Waals surface area contributed by atoms with Crippen molar-refractivity contribution >= 4 is 5.91 Å². The molecule has 1 aliphatic heterocycles. The molecule has 0 spiro atoms. The number of rotatable bonds is 4. The zero-order chi connectivity index (χ0) is 24.3. The number of hydrogen-bond donors (Lipinski definition) is 1. The van der Waals surface area contributed by atoms with Crippen molar-refractivity contribution in [2.24, 2.45) is 0 Å². The molecule has 4 rings (SSSR count). The van der Waals surface area contributed by atoms with Gasteiger partial charge < -0.3 is 14.4 Å². The molecule has 0 radical (unpaired) electrons. The van der Waals surface area contributed by atoms with E-state index in [4.69, 9.17) is 4.42 Å². The van der Waals surface area contributed by atoms with Gasteiger partial charge in [-0.15, -0.1) is 10.2 Å². The van der Waals surface area contributed by atoms with Crippen molar-refractivity contribution in [3.05, 3.63) is 59.0 Å². The minimum absolute atomic E-state index is 0.144. The largest absolute Gasteiger partial charge is 0.421 e. The molecule has 2 aromatic carbocycles. The highest BCUT2D eigenvalue weighted by Gasteiger charge is 2.55. The molecule has 3 aromatic rings. The van der Waals surface area contributed by atoms with E-state index in [1.807, 2.05) is 0 Å². The van der Waals surface area contributed by atoms with Crippen LogP contribution in [-0.2, 0) is 6.54 Å². The number of halogens is 5. The fourth-order valence-corrected chi connectivity index (χ4v) is 4.08. The Kier molecular flexibility index (Phi) is 5.27. The van der Waals surface area contributed by atoms with Crippen LogP contribution < -0.4 is 0 Å². The summed E-state index contributed by atoms with van der Waals surface area (Å²) in [5.41, 5.74) is -2.95. The molecule has 174 valence electrons. The Bertz CT molecular complexity index is 1220. The number of carbonyl (C=O) groups excluding carboxylic acids is 1. The summed E-state index contributed by atoms with van der Waals surface area (Å²) in [7, 11) is 0. The van der Waals surface area contributed by atoms with Gasteiger partial charge in [0.25, 0.3) is 5.91 Å².